The predicted molar refractivity (Wildman–Crippen MR) is 105 cm³/mol. The van der Waals surface area contributed by atoms with Gasteiger partial charge in [0, 0.05) is 56.7 Å². The molecule has 1 atom stereocenters. The normalized spacial score (nSPS) is 18.4. The Morgan fingerprint density at radius 2 is 2.04 bits per heavy atom. The highest BCUT2D eigenvalue weighted by molar-refractivity contribution is 5.89. The van der Waals surface area contributed by atoms with Crippen LogP contribution in [0.2, 0.25) is 0 Å². The second kappa shape index (κ2) is 7.60. The molecule has 1 aliphatic carbocycles. The Balaban J connectivity index is 1.31. The third kappa shape index (κ3) is 4.08. The van der Waals surface area contributed by atoms with Gasteiger partial charge in [-0.15, -0.1) is 0 Å². The van der Waals surface area contributed by atoms with Crippen molar-refractivity contribution in [1.29, 1.82) is 0 Å². The van der Waals surface area contributed by atoms with Gasteiger partial charge in [-0.25, -0.2) is 4.79 Å². The molecule has 2 heterocycles. The second-order valence-electron chi connectivity index (χ2n) is 7.36. The number of piperazine rings is 1. The number of aromatic amines is 1. The molecule has 7 heteroatoms. The van der Waals surface area contributed by atoms with E-state index < -0.39 is 0 Å². The maximum Gasteiger partial charge on any atom is 0.321 e. The van der Waals surface area contributed by atoms with E-state index >= 15 is 0 Å². The van der Waals surface area contributed by atoms with Gasteiger partial charge >= 0.3 is 6.03 Å². The number of aromatic nitrogens is 2. The van der Waals surface area contributed by atoms with Crippen LogP contribution in [0.3, 0.4) is 0 Å². The minimum atomic E-state index is -0.0578. The van der Waals surface area contributed by atoms with Gasteiger partial charge in [-0.3, -0.25) is 5.10 Å². The lowest BCUT2D eigenvalue weighted by Crippen LogP contribution is -2.50. The number of benzene rings is 1. The Morgan fingerprint density at radius 1 is 1.26 bits per heavy atom. The number of carbonyl (C=O) groups is 1. The standard InChI is InChI=1S/C20H27N5O2/c1-14(27-2)16-4-3-5-17(12-16)21-20(26)25-10-8-24(9-11-25)19-13-18(22-23-19)15-6-7-15/h3-5,12-15H,6-11H2,1-2H3,(H,21,26)(H,22,23). The van der Waals surface area contributed by atoms with Crippen molar-refractivity contribution in [3.8, 4) is 0 Å². The molecule has 0 radical (unpaired) electrons. The zero-order chi connectivity index (χ0) is 18.8. The van der Waals surface area contributed by atoms with E-state index in [0.29, 0.717) is 19.0 Å². The Kier molecular flexibility index (Phi) is 5.03. The summed E-state index contributed by atoms with van der Waals surface area (Å²) < 4.78 is 5.35. The lowest BCUT2D eigenvalue weighted by molar-refractivity contribution is 0.119. The number of nitrogens with one attached hydrogen (secondary N) is 2. The van der Waals surface area contributed by atoms with Gasteiger partial charge in [0.05, 0.1) is 6.10 Å². The number of H-pyrrole nitrogens is 1. The van der Waals surface area contributed by atoms with Gasteiger partial charge in [-0.2, -0.15) is 5.10 Å². The predicted octanol–water partition coefficient (Wildman–Crippen LogP) is 3.35. The fourth-order valence-electron chi connectivity index (χ4n) is 3.44. The number of rotatable bonds is 5. The third-order valence-electron chi connectivity index (χ3n) is 5.45. The van der Waals surface area contributed by atoms with E-state index in [9.17, 15) is 4.79 Å². The van der Waals surface area contributed by atoms with Crippen LogP contribution >= 0.6 is 0 Å². The van der Waals surface area contributed by atoms with Crippen LogP contribution in [0.15, 0.2) is 30.3 Å². The molecule has 4 rings (SSSR count). The number of methoxy groups -OCH3 is 1. The van der Waals surface area contributed by atoms with Crippen molar-refractivity contribution < 1.29 is 9.53 Å². The van der Waals surface area contributed by atoms with E-state index in [0.717, 1.165) is 30.2 Å². The lowest BCUT2D eigenvalue weighted by Gasteiger charge is -2.34. The average Bonchev–Trinajstić information content (AvgIpc) is 3.44. The number of amides is 2. The van der Waals surface area contributed by atoms with Gasteiger partial charge in [0.1, 0.15) is 0 Å². The van der Waals surface area contributed by atoms with Crippen LogP contribution in [0.5, 0.6) is 0 Å². The smallest absolute Gasteiger partial charge is 0.321 e. The van der Waals surface area contributed by atoms with E-state index in [2.05, 4.69) is 26.5 Å². The SMILES string of the molecule is COC(C)c1cccc(NC(=O)N2CCN(c3cc(C4CC4)[nH]n3)CC2)c1. The summed E-state index contributed by atoms with van der Waals surface area (Å²) in [5.41, 5.74) is 3.09. The van der Waals surface area contributed by atoms with Crippen LogP contribution in [-0.2, 0) is 4.74 Å². The molecule has 1 unspecified atom stereocenters. The van der Waals surface area contributed by atoms with Crippen molar-refractivity contribution in [3.05, 3.63) is 41.6 Å². The van der Waals surface area contributed by atoms with Crippen LogP contribution < -0.4 is 10.2 Å². The summed E-state index contributed by atoms with van der Waals surface area (Å²) in [4.78, 5) is 16.7. The Labute approximate surface area is 159 Å². The molecule has 1 saturated heterocycles. The lowest BCUT2D eigenvalue weighted by atomic mass is 10.1. The molecule has 2 N–H and O–H groups in total. The van der Waals surface area contributed by atoms with E-state index in [1.54, 1.807) is 7.11 Å². The summed E-state index contributed by atoms with van der Waals surface area (Å²) in [6.07, 6.45) is 2.53. The fraction of sp³-hybridized carbons (Fsp3) is 0.500. The van der Waals surface area contributed by atoms with Crippen LogP contribution in [0, 0.1) is 0 Å². The van der Waals surface area contributed by atoms with Gasteiger partial charge in [0.15, 0.2) is 5.82 Å². The molecular weight excluding hydrogens is 342 g/mol. The van der Waals surface area contributed by atoms with E-state index in [1.165, 1.54) is 18.5 Å². The monoisotopic (exact) mass is 369 g/mol. The van der Waals surface area contributed by atoms with Gasteiger partial charge in [-0.1, -0.05) is 12.1 Å². The molecule has 1 saturated carbocycles. The fourth-order valence-corrected chi connectivity index (χ4v) is 3.44. The van der Waals surface area contributed by atoms with Gasteiger partial charge < -0.3 is 19.9 Å². The van der Waals surface area contributed by atoms with Crippen molar-refractivity contribution in [2.24, 2.45) is 0 Å². The van der Waals surface area contributed by atoms with Crippen LogP contribution in [0.1, 0.15) is 43.0 Å². The first-order chi connectivity index (χ1) is 13.1. The quantitative estimate of drug-likeness (QED) is 0.848. The molecule has 1 aromatic heterocycles. The number of urea groups is 1. The van der Waals surface area contributed by atoms with Crippen LogP contribution in [0.25, 0.3) is 0 Å². The summed E-state index contributed by atoms with van der Waals surface area (Å²) in [6.45, 7) is 4.95. The molecule has 7 nitrogen and oxygen atoms in total. The van der Waals surface area contributed by atoms with E-state index in [4.69, 9.17) is 4.74 Å². The van der Waals surface area contributed by atoms with Crippen molar-refractivity contribution in [3.63, 3.8) is 0 Å². The molecule has 2 aliphatic rings. The van der Waals surface area contributed by atoms with Crippen molar-refractivity contribution in [2.75, 3.05) is 43.5 Å². The molecule has 0 spiro atoms. The summed E-state index contributed by atoms with van der Waals surface area (Å²) in [7, 11) is 1.68. The minimum absolute atomic E-state index is 0.000206. The third-order valence-corrected chi connectivity index (χ3v) is 5.45. The van der Waals surface area contributed by atoms with Crippen molar-refractivity contribution in [1.82, 2.24) is 15.1 Å². The second-order valence-corrected chi connectivity index (χ2v) is 7.36. The molecule has 144 valence electrons. The first-order valence-electron chi connectivity index (χ1n) is 9.63. The molecule has 2 aromatic rings. The van der Waals surface area contributed by atoms with Gasteiger partial charge in [-0.05, 0) is 37.5 Å². The topological polar surface area (TPSA) is 73.5 Å². The van der Waals surface area contributed by atoms with Crippen LogP contribution in [0.4, 0.5) is 16.3 Å². The maximum absolute atomic E-state index is 12.6. The highest BCUT2D eigenvalue weighted by Crippen LogP contribution is 2.39. The van der Waals surface area contributed by atoms with Crippen LogP contribution in [-0.4, -0.2) is 54.4 Å². The molecule has 2 amide bonds. The molecule has 1 aromatic carbocycles. The molecular formula is C20H27N5O2. The summed E-state index contributed by atoms with van der Waals surface area (Å²) in [5, 5.41) is 10.6. The highest BCUT2D eigenvalue weighted by atomic mass is 16.5. The average molecular weight is 369 g/mol. The van der Waals surface area contributed by atoms with E-state index in [1.807, 2.05) is 36.1 Å². The van der Waals surface area contributed by atoms with Gasteiger partial charge in [0.25, 0.3) is 0 Å². The first-order valence-corrected chi connectivity index (χ1v) is 9.63. The number of ether oxygens (including phenoxy) is 1. The zero-order valence-electron chi connectivity index (χ0n) is 15.9. The number of hydrogen-bond donors (Lipinski definition) is 2. The van der Waals surface area contributed by atoms with Gasteiger partial charge in [0.2, 0.25) is 0 Å². The summed E-state index contributed by atoms with van der Waals surface area (Å²) in [5.74, 6) is 1.67. The number of anilines is 2. The maximum atomic E-state index is 12.6. The Bertz CT molecular complexity index is 793. The minimum Gasteiger partial charge on any atom is -0.377 e. The van der Waals surface area contributed by atoms with E-state index in [-0.39, 0.29) is 12.1 Å². The number of carbonyl (C=O) groups excluding carboxylic acids is 1. The summed E-state index contributed by atoms with van der Waals surface area (Å²) in [6, 6.07) is 9.91. The largest absolute Gasteiger partial charge is 0.377 e. The first kappa shape index (κ1) is 17.9. The van der Waals surface area contributed by atoms with Crippen molar-refractivity contribution in [2.45, 2.75) is 31.8 Å². The van der Waals surface area contributed by atoms with Crippen molar-refractivity contribution >= 4 is 17.5 Å². The molecule has 27 heavy (non-hydrogen) atoms. The number of nitrogens with zero attached hydrogens (tertiary/aromatic N) is 3. The summed E-state index contributed by atoms with van der Waals surface area (Å²) >= 11 is 0. The zero-order valence-corrected chi connectivity index (χ0v) is 15.9. The molecule has 1 aliphatic heterocycles. The molecule has 2 fully saturated rings. The number of hydrogen-bond acceptors (Lipinski definition) is 4. The highest BCUT2D eigenvalue weighted by Gasteiger charge is 2.27. The Morgan fingerprint density at radius 3 is 2.74 bits per heavy atom. The Hall–Kier alpha value is -2.54. The molecule has 0 bridgehead atoms.